The first-order valence-electron chi connectivity index (χ1n) is 5.03. The summed E-state index contributed by atoms with van der Waals surface area (Å²) < 4.78 is 37.0. The number of hydrogen-bond acceptors (Lipinski definition) is 1. The number of benzene rings is 1. The van der Waals surface area contributed by atoms with Crippen molar-refractivity contribution in [2.24, 2.45) is 0 Å². The van der Waals surface area contributed by atoms with E-state index in [2.05, 4.69) is 15.9 Å². The number of rotatable bonds is 4. The molecule has 0 bridgehead atoms. The Hall–Kier alpha value is -0.420. The van der Waals surface area contributed by atoms with Crippen LogP contribution >= 0.6 is 27.5 Å². The van der Waals surface area contributed by atoms with Gasteiger partial charge in [0.05, 0.1) is 0 Å². The van der Waals surface area contributed by atoms with Gasteiger partial charge in [0.25, 0.3) is 0 Å². The SMILES string of the molecule is CCN(CC(F)(F)F)c1ccc(CBr)c(Cl)c1. The molecule has 1 nitrogen and oxygen atoms in total. The molecular formula is C11H12BrClF3N. The smallest absolute Gasteiger partial charge is 0.363 e. The van der Waals surface area contributed by atoms with Crippen molar-refractivity contribution in [3.05, 3.63) is 28.8 Å². The Morgan fingerprint density at radius 2 is 2.00 bits per heavy atom. The van der Waals surface area contributed by atoms with Gasteiger partial charge in [0, 0.05) is 22.6 Å². The molecule has 0 N–H and O–H groups in total. The highest BCUT2D eigenvalue weighted by Crippen LogP contribution is 2.27. The van der Waals surface area contributed by atoms with Crippen molar-refractivity contribution in [1.29, 1.82) is 0 Å². The zero-order valence-electron chi connectivity index (χ0n) is 9.19. The molecular weight excluding hydrogens is 318 g/mol. The Morgan fingerprint density at radius 1 is 1.35 bits per heavy atom. The molecule has 0 saturated carbocycles. The largest absolute Gasteiger partial charge is 0.405 e. The van der Waals surface area contributed by atoms with E-state index in [1.807, 2.05) is 0 Å². The maximum Gasteiger partial charge on any atom is 0.405 e. The molecule has 0 unspecified atom stereocenters. The van der Waals surface area contributed by atoms with Crippen LogP contribution in [-0.2, 0) is 5.33 Å². The van der Waals surface area contributed by atoms with Crippen LogP contribution in [0.25, 0.3) is 0 Å². The molecule has 96 valence electrons. The monoisotopic (exact) mass is 329 g/mol. The molecule has 0 fully saturated rings. The maximum atomic E-state index is 12.3. The number of nitrogens with zero attached hydrogens (tertiary/aromatic N) is 1. The van der Waals surface area contributed by atoms with Gasteiger partial charge < -0.3 is 4.90 Å². The Bertz CT molecular complexity index is 381. The predicted molar refractivity (Wildman–Crippen MR) is 68.0 cm³/mol. The van der Waals surface area contributed by atoms with E-state index in [9.17, 15) is 13.2 Å². The summed E-state index contributed by atoms with van der Waals surface area (Å²) in [6, 6.07) is 4.94. The second-order valence-electron chi connectivity index (χ2n) is 3.54. The molecule has 0 aliphatic heterocycles. The van der Waals surface area contributed by atoms with Gasteiger partial charge in [-0.25, -0.2) is 0 Å². The highest BCUT2D eigenvalue weighted by molar-refractivity contribution is 9.08. The Morgan fingerprint density at radius 3 is 2.41 bits per heavy atom. The molecule has 0 aromatic heterocycles. The molecule has 0 aliphatic rings. The van der Waals surface area contributed by atoms with E-state index >= 15 is 0 Å². The van der Waals surface area contributed by atoms with Gasteiger partial charge in [-0.3, -0.25) is 0 Å². The fourth-order valence-corrected chi connectivity index (χ4v) is 2.34. The first-order valence-corrected chi connectivity index (χ1v) is 6.53. The van der Waals surface area contributed by atoms with Crippen LogP contribution in [0.5, 0.6) is 0 Å². The van der Waals surface area contributed by atoms with Crippen molar-refractivity contribution in [2.75, 3.05) is 18.0 Å². The molecule has 0 spiro atoms. The third kappa shape index (κ3) is 4.39. The van der Waals surface area contributed by atoms with E-state index in [-0.39, 0.29) is 6.54 Å². The molecule has 1 rings (SSSR count). The quantitative estimate of drug-likeness (QED) is 0.728. The minimum absolute atomic E-state index is 0.281. The van der Waals surface area contributed by atoms with E-state index < -0.39 is 12.7 Å². The van der Waals surface area contributed by atoms with Crippen molar-refractivity contribution in [2.45, 2.75) is 18.4 Å². The molecule has 0 atom stereocenters. The van der Waals surface area contributed by atoms with Crippen LogP contribution in [-0.4, -0.2) is 19.3 Å². The van der Waals surface area contributed by atoms with Crippen molar-refractivity contribution < 1.29 is 13.2 Å². The third-order valence-electron chi connectivity index (χ3n) is 2.30. The lowest BCUT2D eigenvalue weighted by Crippen LogP contribution is -2.34. The first-order chi connectivity index (χ1) is 7.87. The molecule has 1 aromatic rings. The zero-order valence-corrected chi connectivity index (χ0v) is 11.5. The molecule has 0 heterocycles. The Kier molecular flexibility index (Phi) is 5.13. The maximum absolute atomic E-state index is 12.3. The average molecular weight is 331 g/mol. The van der Waals surface area contributed by atoms with Crippen molar-refractivity contribution >= 4 is 33.2 Å². The summed E-state index contributed by atoms with van der Waals surface area (Å²) in [7, 11) is 0. The van der Waals surface area contributed by atoms with Gasteiger partial charge in [0.2, 0.25) is 0 Å². The van der Waals surface area contributed by atoms with Crippen LogP contribution in [0.4, 0.5) is 18.9 Å². The fourth-order valence-electron chi connectivity index (χ4n) is 1.44. The van der Waals surface area contributed by atoms with E-state index in [1.54, 1.807) is 25.1 Å². The van der Waals surface area contributed by atoms with Gasteiger partial charge in [0.15, 0.2) is 0 Å². The third-order valence-corrected chi connectivity index (χ3v) is 3.25. The van der Waals surface area contributed by atoms with Crippen LogP contribution in [0.3, 0.4) is 0 Å². The van der Waals surface area contributed by atoms with Gasteiger partial charge in [-0.1, -0.05) is 33.6 Å². The molecule has 6 heteroatoms. The van der Waals surface area contributed by atoms with Gasteiger partial charge in [-0.2, -0.15) is 13.2 Å². The molecule has 17 heavy (non-hydrogen) atoms. The fraction of sp³-hybridized carbons (Fsp3) is 0.455. The van der Waals surface area contributed by atoms with Crippen molar-refractivity contribution in [3.8, 4) is 0 Å². The van der Waals surface area contributed by atoms with Crippen molar-refractivity contribution in [1.82, 2.24) is 0 Å². The lowest BCUT2D eigenvalue weighted by atomic mass is 10.2. The summed E-state index contributed by atoms with van der Waals surface area (Å²) in [5.74, 6) is 0. The lowest BCUT2D eigenvalue weighted by Gasteiger charge is -2.24. The Labute approximate surface area is 112 Å². The predicted octanol–water partition coefficient (Wildman–Crippen LogP) is 4.62. The minimum atomic E-state index is -4.21. The van der Waals surface area contributed by atoms with Gasteiger partial charge >= 0.3 is 6.18 Å². The van der Waals surface area contributed by atoms with E-state index in [0.717, 1.165) is 5.56 Å². The van der Waals surface area contributed by atoms with Crippen LogP contribution in [0, 0.1) is 0 Å². The molecule has 0 amide bonds. The lowest BCUT2D eigenvalue weighted by molar-refractivity contribution is -0.119. The summed E-state index contributed by atoms with van der Waals surface area (Å²) in [4.78, 5) is 1.24. The molecule has 0 aliphatic carbocycles. The zero-order chi connectivity index (χ0) is 13.1. The standard InChI is InChI=1S/C11H12BrClF3N/c1-2-17(7-11(14,15)16)9-4-3-8(6-12)10(13)5-9/h3-5H,2,6-7H2,1H3. The molecule has 1 aromatic carbocycles. The van der Waals surface area contributed by atoms with Crippen molar-refractivity contribution in [3.63, 3.8) is 0 Å². The second kappa shape index (κ2) is 5.96. The number of anilines is 1. The normalized spacial score (nSPS) is 11.6. The highest BCUT2D eigenvalue weighted by atomic mass is 79.9. The summed E-state index contributed by atoms with van der Waals surface area (Å²) in [6.07, 6.45) is -4.21. The van der Waals surface area contributed by atoms with Crippen LogP contribution < -0.4 is 4.90 Å². The number of alkyl halides is 4. The summed E-state index contributed by atoms with van der Waals surface area (Å²) in [5.41, 5.74) is 1.35. The van der Waals surface area contributed by atoms with Gasteiger partial charge in [-0.05, 0) is 24.6 Å². The van der Waals surface area contributed by atoms with Crippen LogP contribution in [0.1, 0.15) is 12.5 Å². The van der Waals surface area contributed by atoms with Crippen LogP contribution in [0.15, 0.2) is 18.2 Å². The second-order valence-corrected chi connectivity index (χ2v) is 4.51. The minimum Gasteiger partial charge on any atom is -0.363 e. The molecule has 0 saturated heterocycles. The average Bonchev–Trinajstić information content (AvgIpc) is 2.24. The number of hydrogen-bond donors (Lipinski definition) is 0. The molecule has 0 radical (unpaired) electrons. The van der Waals surface area contributed by atoms with Gasteiger partial charge in [-0.15, -0.1) is 0 Å². The van der Waals surface area contributed by atoms with E-state index in [4.69, 9.17) is 11.6 Å². The number of halogens is 5. The summed E-state index contributed by atoms with van der Waals surface area (Å²) >= 11 is 9.22. The van der Waals surface area contributed by atoms with E-state index in [1.165, 1.54) is 4.90 Å². The summed E-state index contributed by atoms with van der Waals surface area (Å²) in [5, 5.41) is 1.05. The van der Waals surface area contributed by atoms with Crippen LogP contribution in [0.2, 0.25) is 5.02 Å². The Balaban J connectivity index is 2.93. The van der Waals surface area contributed by atoms with Gasteiger partial charge in [0.1, 0.15) is 6.54 Å². The van der Waals surface area contributed by atoms with E-state index in [0.29, 0.717) is 16.0 Å². The highest BCUT2D eigenvalue weighted by Gasteiger charge is 2.30. The first kappa shape index (κ1) is 14.6. The summed E-state index contributed by atoms with van der Waals surface area (Å²) in [6.45, 7) is 0.995. The topological polar surface area (TPSA) is 3.24 Å².